The van der Waals surface area contributed by atoms with Gasteiger partial charge in [-0.15, -0.1) is 0 Å². The van der Waals surface area contributed by atoms with Crippen LogP contribution in [0.2, 0.25) is 0 Å². The zero-order valence-electron chi connectivity index (χ0n) is 14.6. The second kappa shape index (κ2) is 8.79. The highest BCUT2D eigenvalue weighted by Crippen LogP contribution is 2.16. The number of aliphatic hydroxyl groups is 1. The van der Waals surface area contributed by atoms with Gasteiger partial charge in [0.05, 0.1) is 18.6 Å². The quantitative estimate of drug-likeness (QED) is 0.714. The van der Waals surface area contributed by atoms with Crippen LogP contribution in [0.15, 0.2) is 59.5 Å². The minimum Gasteiger partial charge on any atom is -0.497 e. The topological polar surface area (TPSA) is 95.9 Å². The fourth-order valence-corrected chi connectivity index (χ4v) is 3.56. The van der Waals surface area contributed by atoms with Crippen LogP contribution in [-0.2, 0) is 21.4 Å². The monoisotopic (exact) mass is 378 g/mol. The van der Waals surface area contributed by atoms with Crippen molar-refractivity contribution in [1.82, 2.24) is 9.62 Å². The van der Waals surface area contributed by atoms with Crippen molar-refractivity contribution in [2.75, 3.05) is 20.8 Å². The van der Waals surface area contributed by atoms with Crippen LogP contribution in [0.3, 0.4) is 0 Å². The Hall–Kier alpha value is -2.42. The van der Waals surface area contributed by atoms with Gasteiger partial charge in [0.1, 0.15) is 11.8 Å². The van der Waals surface area contributed by atoms with Crippen LogP contribution in [0.1, 0.15) is 5.56 Å². The molecule has 0 radical (unpaired) electrons. The van der Waals surface area contributed by atoms with Crippen LogP contribution in [0.5, 0.6) is 5.75 Å². The van der Waals surface area contributed by atoms with E-state index < -0.39 is 28.6 Å². The normalized spacial score (nSPS) is 12.4. The van der Waals surface area contributed by atoms with Gasteiger partial charge in [-0.1, -0.05) is 30.3 Å². The molecule has 0 saturated carbocycles. The number of aliphatic hydroxyl groups excluding tert-OH is 1. The summed E-state index contributed by atoms with van der Waals surface area (Å²) in [5.41, 5.74) is 0.901. The van der Waals surface area contributed by atoms with Crippen LogP contribution in [0, 0.1) is 0 Å². The second-order valence-corrected chi connectivity index (χ2v) is 7.43. The molecule has 0 fully saturated rings. The molecule has 0 heterocycles. The van der Waals surface area contributed by atoms with Crippen molar-refractivity contribution in [2.45, 2.75) is 17.5 Å². The van der Waals surface area contributed by atoms with Gasteiger partial charge in [-0.05, 0) is 29.8 Å². The molecule has 2 N–H and O–H groups in total. The Morgan fingerprint density at radius 2 is 1.77 bits per heavy atom. The smallest absolute Gasteiger partial charge is 0.243 e. The van der Waals surface area contributed by atoms with Gasteiger partial charge in [0.2, 0.25) is 15.9 Å². The summed E-state index contributed by atoms with van der Waals surface area (Å²) in [7, 11) is -0.929. The molecule has 2 rings (SSSR count). The molecule has 1 unspecified atom stereocenters. The van der Waals surface area contributed by atoms with Crippen molar-refractivity contribution in [3.63, 3.8) is 0 Å². The largest absolute Gasteiger partial charge is 0.497 e. The molecule has 1 amide bonds. The van der Waals surface area contributed by atoms with E-state index >= 15 is 0 Å². The van der Waals surface area contributed by atoms with Gasteiger partial charge in [-0.3, -0.25) is 4.79 Å². The third-order valence-electron chi connectivity index (χ3n) is 3.79. The Labute approximate surface area is 153 Å². The Morgan fingerprint density at radius 1 is 1.15 bits per heavy atom. The summed E-state index contributed by atoms with van der Waals surface area (Å²) in [5.74, 6) is -0.00484. The van der Waals surface area contributed by atoms with Crippen LogP contribution >= 0.6 is 0 Å². The van der Waals surface area contributed by atoms with E-state index in [1.165, 1.54) is 36.3 Å². The number of hydrogen-bond acceptors (Lipinski definition) is 5. The van der Waals surface area contributed by atoms with Gasteiger partial charge in [-0.2, -0.15) is 4.72 Å². The number of sulfonamides is 1. The van der Waals surface area contributed by atoms with Crippen molar-refractivity contribution >= 4 is 15.9 Å². The number of hydrogen-bond donors (Lipinski definition) is 2. The number of rotatable bonds is 8. The van der Waals surface area contributed by atoms with Gasteiger partial charge in [0, 0.05) is 13.6 Å². The lowest BCUT2D eigenvalue weighted by Gasteiger charge is -2.23. The summed E-state index contributed by atoms with van der Waals surface area (Å²) in [4.78, 5) is 13.9. The molecule has 140 valence electrons. The van der Waals surface area contributed by atoms with Gasteiger partial charge in [0.25, 0.3) is 0 Å². The highest BCUT2D eigenvalue weighted by atomic mass is 32.2. The first-order valence-electron chi connectivity index (χ1n) is 7.93. The van der Waals surface area contributed by atoms with Crippen molar-refractivity contribution in [3.05, 3.63) is 60.2 Å². The van der Waals surface area contributed by atoms with E-state index in [2.05, 4.69) is 4.72 Å². The molecule has 2 aromatic carbocycles. The number of carbonyl (C=O) groups is 1. The van der Waals surface area contributed by atoms with E-state index in [9.17, 15) is 18.3 Å². The minimum atomic E-state index is -3.96. The maximum absolute atomic E-state index is 12.5. The molecule has 0 aliphatic heterocycles. The summed E-state index contributed by atoms with van der Waals surface area (Å²) < 4.78 is 32.2. The number of likely N-dealkylation sites (N-methyl/N-ethyl adjacent to an activating group) is 1. The Balaban J connectivity index is 2.09. The lowest BCUT2D eigenvalue weighted by molar-refractivity contribution is -0.133. The minimum absolute atomic E-state index is 0.0183. The summed E-state index contributed by atoms with van der Waals surface area (Å²) in [6.07, 6.45) is 0. The SMILES string of the molecule is COc1ccc(S(=O)(=O)NC(CO)C(=O)N(C)Cc2ccccc2)cc1. The molecule has 8 heteroatoms. The maximum Gasteiger partial charge on any atom is 0.243 e. The zero-order valence-corrected chi connectivity index (χ0v) is 15.4. The van der Waals surface area contributed by atoms with Crippen LogP contribution in [0.25, 0.3) is 0 Å². The van der Waals surface area contributed by atoms with Crippen molar-refractivity contribution in [3.8, 4) is 5.75 Å². The van der Waals surface area contributed by atoms with E-state index in [-0.39, 0.29) is 4.90 Å². The van der Waals surface area contributed by atoms with Crippen molar-refractivity contribution < 1.29 is 23.1 Å². The average molecular weight is 378 g/mol. The van der Waals surface area contributed by atoms with Gasteiger partial charge >= 0.3 is 0 Å². The number of methoxy groups -OCH3 is 1. The highest BCUT2D eigenvalue weighted by Gasteiger charge is 2.27. The lowest BCUT2D eigenvalue weighted by Crippen LogP contribution is -2.49. The summed E-state index contributed by atoms with van der Waals surface area (Å²) in [6, 6.07) is 13.8. The molecule has 0 bridgehead atoms. The van der Waals surface area contributed by atoms with Gasteiger partial charge in [-0.25, -0.2) is 8.42 Å². The first-order valence-corrected chi connectivity index (χ1v) is 9.42. The Bertz CT molecular complexity index is 822. The summed E-state index contributed by atoms with van der Waals surface area (Å²) in [6.45, 7) is -0.339. The molecule has 0 spiro atoms. The molecule has 0 aliphatic rings. The molecular weight excluding hydrogens is 356 g/mol. The number of benzene rings is 2. The van der Waals surface area contributed by atoms with E-state index in [0.29, 0.717) is 12.3 Å². The fraction of sp³-hybridized carbons (Fsp3) is 0.278. The molecule has 2 aromatic rings. The highest BCUT2D eigenvalue weighted by molar-refractivity contribution is 7.89. The molecule has 0 aromatic heterocycles. The predicted molar refractivity (Wildman–Crippen MR) is 97.1 cm³/mol. The Kier molecular flexibility index (Phi) is 6.73. The maximum atomic E-state index is 12.5. The van der Waals surface area contributed by atoms with E-state index in [4.69, 9.17) is 4.74 Å². The van der Waals surface area contributed by atoms with Gasteiger partial charge < -0.3 is 14.7 Å². The molecule has 1 atom stereocenters. The first kappa shape index (κ1) is 19.9. The van der Waals surface area contributed by atoms with E-state index in [1.54, 1.807) is 7.05 Å². The third-order valence-corrected chi connectivity index (χ3v) is 5.27. The van der Waals surface area contributed by atoms with E-state index in [1.807, 2.05) is 30.3 Å². The molecule has 26 heavy (non-hydrogen) atoms. The Morgan fingerprint density at radius 3 is 2.31 bits per heavy atom. The molecule has 7 nitrogen and oxygen atoms in total. The zero-order chi connectivity index (χ0) is 19.2. The second-order valence-electron chi connectivity index (χ2n) is 5.71. The predicted octanol–water partition coefficient (Wildman–Crippen LogP) is 0.993. The van der Waals surface area contributed by atoms with Crippen LogP contribution in [-0.4, -0.2) is 51.1 Å². The summed E-state index contributed by atoms with van der Waals surface area (Å²) >= 11 is 0. The molecule has 0 aliphatic carbocycles. The average Bonchev–Trinajstić information content (AvgIpc) is 2.66. The number of carbonyl (C=O) groups excluding carboxylic acids is 1. The van der Waals surface area contributed by atoms with E-state index in [0.717, 1.165) is 5.56 Å². The number of ether oxygens (including phenoxy) is 1. The number of amides is 1. The van der Waals surface area contributed by atoms with Crippen molar-refractivity contribution in [2.24, 2.45) is 0 Å². The molecule has 0 saturated heterocycles. The standard InChI is InChI=1S/C18H22N2O5S/c1-20(12-14-6-4-3-5-7-14)18(22)17(13-21)19-26(23,24)16-10-8-15(25-2)9-11-16/h3-11,17,19,21H,12-13H2,1-2H3. The number of nitrogens with one attached hydrogen (secondary N) is 1. The lowest BCUT2D eigenvalue weighted by atomic mass is 10.2. The number of nitrogens with zero attached hydrogens (tertiary/aromatic N) is 1. The summed E-state index contributed by atoms with van der Waals surface area (Å²) in [5, 5.41) is 9.51. The first-order chi connectivity index (χ1) is 12.4. The third kappa shape index (κ3) is 5.04. The van der Waals surface area contributed by atoms with Crippen LogP contribution < -0.4 is 9.46 Å². The van der Waals surface area contributed by atoms with Gasteiger partial charge in [0.15, 0.2) is 0 Å². The van der Waals surface area contributed by atoms with Crippen LogP contribution in [0.4, 0.5) is 0 Å². The van der Waals surface area contributed by atoms with Crippen molar-refractivity contribution in [1.29, 1.82) is 0 Å². The fourth-order valence-electron chi connectivity index (χ4n) is 2.38. The molecular formula is C18H22N2O5S.